The van der Waals surface area contributed by atoms with Crippen LogP contribution in [0.15, 0.2) is 23.2 Å². The van der Waals surface area contributed by atoms with Gasteiger partial charge in [0, 0.05) is 18.8 Å². The van der Waals surface area contributed by atoms with Gasteiger partial charge in [-0.15, -0.1) is 0 Å². The van der Waals surface area contributed by atoms with Crippen molar-refractivity contribution in [2.24, 2.45) is 0 Å². The zero-order chi connectivity index (χ0) is 12.3. The summed E-state index contributed by atoms with van der Waals surface area (Å²) in [6, 6.07) is 3.30. The van der Waals surface area contributed by atoms with Gasteiger partial charge in [0.25, 0.3) is 0 Å². The number of sulfonamides is 1. The Morgan fingerprint density at radius 2 is 2.24 bits per heavy atom. The lowest BCUT2D eigenvalue weighted by molar-refractivity contribution is 0.383. The molecule has 1 aromatic rings. The molecule has 1 heterocycles. The van der Waals surface area contributed by atoms with Gasteiger partial charge in [0.1, 0.15) is 10.7 Å². The van der Waals surface area contributed by atoms with Crippen molar-refractivity contribution >= 4 is 15.8 Å². The van der Waals surface area contributed by atoms with Crippen LogP contribution in [0.5, 0.6) is 0 Å². The lowest BCUT2D eigenvalue weighted by Crippen LogP contribution is -2.39. The van der Waals surface area contributed by atoms with E-state index < -0.39 is 10.0 Å². The number of rotatable bonds is 5. The first-order valence-electron chi connectivity index (χ1n) is 5.84. The lowest BCUT2D eigenvalue weighted by Gasteiger charge is -2.26. The summed E-state index contributed by atoms with van der Waals surface area (Å²) in [6.45, 7) is 2.55. The van der Waals surface area contributed by atoms with Crippen LogP contribution in [0.3, 0.4) is 0 Å². The molecule has 0 spiro atoms. The van der Waals surface area contributed by atoms with Gasteiger partial charge in [-0.3, -0.25) is 0 Å². The first-order valence-corrected chi connectivity index (χ1v) is 7.33. The highest BCUT2D eigenvalue weighted by molar-refractivity contribution is 7.89. The maximum Gasteiger partial charge on any atom is 0.244 e. The number of pyridine rings is 1. The number of hydrogen-bond acceptors (Lipinski definition) is 4. The van der Waals surface area contributed by atoms with E-state index in [0.717, 1.165) is 19.3 Å². The quantitative estimate of drug-likeness (QED) is 0.833. The molecule has 2 N–H and O–H groups in total. The van der Waals surface area contributed by atoms with Crippen molar-refractivity contribution in [1.29, 1.82) is 0 Å². The molecule has 0 aromatic carbocycles. The van der Waals surface area contributed by atoms with E-state index in [0.29, 0.717) is 12.4 Å². The van der Waals surface area contributed by atoms with E-state index in [4.69, 9.17) is 0 Å². The molecule has 0 amide bonds. The minimum Gasteiger partial charge on any atom is -0.369 e. The van der Waals surface area contributed by atoms with Gasteiger partial charge in [-0.05, 0) is 31.9 Å². The summed E-state index contributed by atoms with van der Waals surface area (Å²) in [5, 5.41) is 2.96. The molecule has 6 heteroatoms. The number of aromatic nitrogens is 1. The zero-order valence-corrected chi connectivity index (χ0v) is 10.6. The highest BCUT2D eigenvalue weighted by Gasteiger charge is 2.26. The monoisotopic (exact) mass is 255 g/mol. The molecule has 0 bridgehead atoms. The van der Waals surface area contributed by atoms with Gasteiger partial charge >= 0.3 is 0 Å². The summed E-state index contributed by atoms with van der Waals surface area (Å²) >= 11 is 0. The van der Waals surface area contributed by atoms with E-state index in [1.54, 1.807) is 18.3 Å². The summed E-state index contributed by atoms with van der Waals surface area (Å²) in [6.07, 6.45) is 4.53. The molecule has 94 valence electrons. The fourth-order valence-electron chi connectivity index (χ4n) is 1.72. The molecule has 0 saturated heterocycles. The predicted molar refractivity (Wildman–Crippen MR) is 66.4 cm³/mol. The molecule has 1 aliphatic rings. The first kappa shape index (κ1) is 12.3. The van der Waals surface area contributed by atoms with Crippen LogP contribution in [-0.2, 0) is 10.0 Å². The maximum atomic E-state index is 12.1. The fraction of sp³-hybridized carbons (Fsp3) is 0.545. The second-order valence-corrected chi connectivity index (χ2v) is 5.81. The molecule has 0 aliphatic heterocycles. The lowest BCUT2D eigenvalue weighted by atomic mass is 9.94. The Kier molecular flexibility index (Phi) is 3.63. The van der Waals surface area contributed by atoms with Crippen LogP contribution < -0.4 is 10.0 Å². The summed E-state index contributed by atoms with van der Waals surface area (Å²) < 4.78 is 27.0. The number of anilines is 1. The van der Waals surface area contributed by atoms with Crippen LogP contribution in [0.25, 0.3) is 0 Å². The second kappa shape index (κ2) is 5.01. The van der Waals surface area contributed by atoms with Crippen molar-refractivity contribution in [3.63, 3.8) is 0 Å². The van der Waals surface area contributed by atoms with Crippen molar-refractivity contribution in [2.45, 2.75) is 37.1 Å². The molecule has 17 heavy (non-hydrogen) atoms. The molecule has 1 saturated carbocycles. The number of nitrogens with one attached hydrogen (secondary N) is 2. The summed E-state index contributed by atoms with van der Waals surface area (Å²) in [4.78, 5) is 4.29. The minimum absolute atomic E-state index is 0.0923. The van der Waals surface area contributed by atoms with Gasteiger partial charge in [0.05, 0.1) is 0 Å². The average molecular weight is 255 g/mol. The minimum atomic E-state index is -3.45. The van der Waals surface area contributed by atoms with Crippen LogP contribution in [-0.4, -0.2) is 26.0 Å². The van der Waals surface area contributed by atoms with Gasteiger partial charge in [-0.1, -0.05) is 6.42 Å². The van der Waals surface area contributed by atoms with Crippen LogP contribution in [0.4, 0.5) is 5.82 Å². The molecular formula is C11H17N3O2S. The van der Waals surface area contributed by atoms with Crippen LogP contribution in [0, 0.1) is 0 Å². The average Bonchev–Trinajstić information content (AvgIpc) is 2.25. The standard InChI is InChI=1S/C11H17N3O2S/c1-2-12-11-10(7-4-8-13-11)17(15,16)14-9-5-3-6-9/h4,7-9,14H,2-3,5-6H2,1H3,(H,12,13). The van der Waals surface area contributed by atoms with E-state index in [-0.39, 0.29) is 10.9 Å². The Bertz CT molecular complexity index is 483. The van der Waals surface area contributed by atoms with Crippen molar-refractivity contribution in [2.75, 3.05) is 11.9 Å². The van der Waals surface area contributed by atoms with Gasteiger partial charge in [-0.25, -0.2) is 18.1 Å². The Labute approximate surface area is 102 Å². The Balaban J connectivity index is 2.24. The molecule has 1 fully saturated rings. The number of nitrogens with zero attached hydrogens (tertiary/aromatic N) is 1. The highest BCUT2D eigenvalue weighted by atomic mass is 32.2. The van der Waals surface area contributed by atoms with E-state index in [2.05, 4.69) is 15.0 Å². The summed E-state index contributed by atoms with van der Waals surface area (Å²) in [5.74, 6) is 0.418. The fourth-order valence-corrected chi connectivity index (χ4v) is 3.16. The molecular weight excluding hydrogens is 238 g/mol. The first-order chi connectivity index (χ1) is 8.13. The van der Waals surface area contributed by atoms with E-state index in [1.807, 2.05) is 6.92 Å². The van der Waals surface area contributed by atoms with Crippen LogP contribution >= 0.6 is 0 Å². The van der Waals surface area contributed by atoms with Gasteiger partial charge in [0.15, 0.2) is 0 Å². The summed E-state index contributed by atoms with van der Waals surface area (Å²) in [7, 11) is -3.45. The molecule has 0 unspecified atom stereocenters. The van der Waals surface area contributed by atoms with E-state index >= 15 is 0 Å². The van der Waals surface area contributed by atoms with E-state index in [1.165, 1.54) is 0 Å². The molecule has 5 nitrogen and oxygen atoms in total. The Morgan fingerprint density at radius 3 is 2.82 bits per heavy atom. The van der Waals surface area contributed by atoms with Gasteiger partial charge < -0.3 is 5.32 Å². The predicted octanol–water partition coefficient (Wildman–Crippen LogP) is 1.34. The van der Waals surface area contributed by atoms with Crippen LogP contribution in [0.2, 0.25) is 0 Å². The number of hydrogen-bond donors (Lipinski definition) is 2. The smallest absolute Gasteiger partial charge is 0.244 e. The zero-order valence-electron chi connectivity index (χ0n) is 9.81. The summed E-state index contributed by atoms with van der Waals surface area (Å²) in [5.41, 5.74) is 0. The molecule has 1 aromatic heterocycles. The van der Waals surface area contributed by atoms with Crippen molar-refractivity contribution in [3.8, 4) is 0 Å². The second-order valence-electron chi connectivity index (χ2n) is 4.13. The van der Waals surface area contributed by atoms with Crippen LogP contribution in [0.1, 0.15) is 26.2 Å². The van der Waals surface area contributed by atoms with Crippen molar-refractivity contribution in [1.82, 2.24) is 9.71 Å². The van der Waals surface area contributed by atoms with Gasteiger partial charge in [-0.2, -0.15) is 0 Å². The normalized spacial score (nSPS) is 16.5. The molecule has 2 rings (SSSR count). The Hall–Kier alpha value is -1.14. The third kappa shape index (κ3) is 2.76. The third-order valence-electron chi connectivity index (χ3n) is 2.83. The maximum absolute atomic E-state index is 12.1. The molecule has 0 radical (unpaired) electrons. The topological polar surface area (TPSA) is 71.1 Å². The Morgan fingerprint density at radius 1 is 1.47 bits per heavy atom. The van der Waals surface area contributed by atoms with Crippen molar-refractivity contribution in [3.05, 3.63) is 18.3 Å². The molecule has 0 atom stereocenters. The third-order valence-corrected chi connectivity index (χ3v) is 4.38. The SMILES string of the molecule is CCNc1ncccc1S(=O)(=O)NC1CCC1. The van der Waals surface area contributed by atoms with Crippen molar-refractivity contribution < 1.29 is 8.42 Å². The molecule has 1 aliphatic carbocycles. The van der Waals surface area contributed by atoms with E-state index in [9.17, 15) is 8.42 Å². The van der Waals surface area contributed by atoms with Gasteiger partial charge in [0.2, 0.25) is 10.0 Å². The highest BCUT2D eigenvalue weighted by Crippen LogP contribution is 2.23. The largest absolute Gasteiger partial charge is 0.369 e.